The van der Waals surface area contributed by atoms with Crippen molar-refractivity contribution < 1.29 is 19.8 Å². The van der Waals surface area contributed by atoms with Crippen molar-refractivity contribution in [3.05, 3.63) is 0 Å². The summed E-state index contributed by atoms with van der Waals surface area (Å²) in [7, 11) is 0. The molecule has 4 heteroatoms. The van der Waals surface area contributed by atoms with Crippen molar-refractivity contribution in [2.24, 2.45) is 10.8 Å². The zero-order chi connectivity index (χ0) is 12.5. The number of hydrogen-bond donors (Lipinski definition) is 2. The lowest BCUT2D eigenvalue weighted by Gasteiger charge is -2.33. The molecule has 0 amide bonds. The van der Waals surface area contributed by atoms with Crippen LogP contribution in [0.5, 0.6) is 0 Å². The summed E-state index contributed by atoms with van der Waals surface area (Å²) in [4.78, 5) is 23.0. The molecule has 0 bridgehead atoms. The maximum Gasteiger partial charge on any atom is 0.309 e. The molecule has 2 aliphatic carbocycles. The normalized spacial score (nSPS) is 25.9. The van der Waals surface area contributed by atoms with E-state index < -0.39 is 22.8 Å². The first kappa shape index (κ1) is 12.4. The number of rotatable bonds is 4. The average molecular weight is 240 g/mol. The molecule has 2 rings (SSSR count). The van der Waals surface area contributed by atoms with Gasteiger partial charge in [0.05, 0.1) is 10.8 Å². The van der Waals surface area contributed by atoms with Gasteiger partial charge in [0.15, 0.2) is 0 Å². The van der Waals surface area contributed by atoms with Crippen LogP contribution in [0.3, 0.4) is 0 Å². The first-order chi connectivity index (χ1) is 8.01. The van der Waals surface area contributed by atoms with E-state index in [0.717, 1.165) is 25.7 Å². The van der Waals surface area contributed by atoms with Gasteiger partial charge in [-0.3, -0.25) is 9.59 Å². The third kappa shape index (κ3) is 2.05. The van der Waals surface area contributed by atoms with Crippen LogP contribution >= 0.6 is 0 Å². The number of carboxylic acids is 2. The second-order valence-electron chi connectivity index (χ2n) is 5.76. The second kappa shape index (κ2) is 4.31. The molecular weight excluding hydrogens is 220 g/mol. The minimum Gasteiger partial charge on any atom is -0.481 e. The van der Waals surface area contributed by atoms with Gasteiger partial charge in [-0.2, -0.15) is 0 Å². The van der Waals surface area contributed by atoms with Gasteiger partial charge in [0.25, 0.3) is 0 Å². The Morgan fingerprint density at radius 3 is 1.29 bits per heavy atom. The minimum absolute atomic E-state index is 0.338. The smallest absolute Gasteiger partial charge is 0.309 e. The molecule has 2 fully saturated rings. The fourth-order valence-electron chi connectivity index (χ4n) is 3.68. The Bertz CT molecular complexity index is 290. The fourth-order valence-corrected chi connectivity index (χ4v) is 3.68. The van der Waals surface area contributed by atoms with Crippen molar-refractivity contribution in [2.75, 3.05) is 0 Å². The zero-order valence-electron chi connectivity index (χ0n) is 10.1. The first-order valence-corrected chi connectivity index (χ1v) is 6.48. The molecule has 0 aromatic rings. The summed E-state index contributed by atoms with van der Waals surface area (Å²) in [5, 5.41) is 18.9. The van der Waals surface area contributed by atoms with Crippen LogP contribution in [0.1, 0.15) is 57.8 Å². The molecule has 0 aromatic heterocycles. The Morgan fingerprint density at radius 1 is 0.765 bits per heavy atom. The molecule has 0 radical (unpaired) electrons. The van der Waals surface area contributed by atoms with Gasteiger partial charge in [-0.15, -0.1) is 0 Å². The molecule has 0 saturated heterocycles. The monoisotopic (exact) mass is 240 g/mol. The van der Waals surface area contributed by atoms with Gasteiger partial charge in [-0.05, 0) is 32.1 Å². The number of hydrogen-bond acceptors (Lipinski definition) is 2. The molecule has 96 valence electrons. The molecule has 2 saturated carbocycles. The van der Waals surface area contributed by atoms with Gasteiger partial charge in [-0.1, -0.05) is 25.7 Å². The molecule has 0 aliphatic heterocycles. The standard InChI is InChI=1S/C13H20O4/c14-10(15)12(5-1-2-6-12)9-13(11(16)17)7-3-4-8-13/h1-9H2,(H,14,15)(H,16,17). The zero-order valence-corrected chi connectivity index (χ0v) is 10.1. The van der Waals surface area contributed by atoms with Gasteiger partial charge in [0.1, 0.15) is 0 Å². The summed E-state index contributed by atoms with van der Waals surface area (Å²) >= 11 is 0. The van der Waals surface area contributed by atoms with Gasteiger partial charge < -0.3 is 10.2 Å². The van der Waals surface area contributed by atoms with E-state index in [2.05, 4.69) is 0 Å². The highest BCUT2D eigenvalue weighted by Crippen LogP contribution is 2.52. The molecule has 0 aromatic carbocycles. The van der Waals surface area contributed by atoms with Crippen LogP contribution in [-0.2, 0) is 9.59 Å². The highest BCUT2D eigenvalue weighted by atomic mass is 16.4. The van der Waals surface area contributed by atoms with Gasteiger partial charge in [0.2, 0.25) is 0 Å². The molecule has 0 unspecified atom stereocenters. The Balaban J connectivity index is 2.22. The van der Waals surface area contributed by atoms with Crippen LogP contribution in [0, 0.1) is 10.8 Å². The molecule has 0 spiro atoms. The van der Waals surface area contributed by atoms with E-state index in [0.29, 0.717) is 32.1 Å². The summed E-state index contributed by atoms with van der Waals surface area (Å²) in [6, 6.07) is 0. The van der Waals surface area contributed by atoms with E-state index in [1.54, 1.807) is 0 Å². The largest absolute Gasteiger partial charge is 0.481 e. The van der Waals surface area contributed by atoms with Crippen molar-refractivity contribution in [3.63, 3.8) is 0 Å². The van der Waals surface area contributed by atoms with Crippen molar-refractivity contribution in [1.29, 1.82) is 0 Å². The summed E-state index contributed by atoms with van der Waals surface area (Å²) in [6.07, 6.45) is 6.61. The third-order valence-corrected chi connectivity index (χ3v) is 4.71. The van der Waals surface area contributed by atoms with E-state index in [9.17, 15) is 19.8 Å². The van der Waals surface area contributed by atoms with Crippen LogP contribution < -0.4 is 0 Å². The average Bonchev–Trinajstić information content (AvgIpc) is 2.88. The van der Waals surface area contributed by atoms with Crippen molar-refractivity contribution in [1.82, 2.24) is 0 Å². The maximum atomic E-state index is 11.5. The first-order valence-electron chi connectivity index (χ1n) is 6.48. The lowest BCUT2D eigenvalue weighted by Crippen LogP contribution is -2.39. The number of aliphatic carboxylic acids is 2. The van der Waals surface area contributed by atoms with Crippen LogP contribution in [0.25, 0.3) is 0 Å². The van der Waals surface area contributed by atoms with Gasteiger partial charge in [0, 0.05) is 0 Å². The van der Waals surface area contributed by atoms with E-state index in [4.69, 9.17) is 0 Å². The molecule has 2 N–H and O–H groups in total. The van der Waals surface area contributed by atoms with E-state index in [1.165, 1.54) is 0 Å². The Kier molecular flexibility index (Phi) is 3.15. The van der Waals surface area contributed by atoms with Crippen molar-refractivity contribution in [2.45, 2.75) is 57.8 Å². The number of carboxylic acid groups (broad SMARTS) is 2. The van der Waals surface area contributed by atoms with Crippen LogP contribution in [-0.4, -0.2) is 22.2 Å². The predicted molar refractivity (Wildman–Crippen MR) is 61.7 cm³/mol. The summed E-state index contributed by atoms with van der Waals surface area (Å²) < 4.78 is 0. The van der Waals surface area contributed by atoms with Gasteiger partial charge in [-0.25, -0.2) is 0 Å². The SMILES string of the molecule is O=C(O)C1(CC2(C(=O)O)CCCC2)CCCC1. The quantitative estimate of drug-likeness (QED) is 0.792. The molecule has 4 nitrogen and oxygen atoms in total. The maximum absolute atomic E-state index is 11.5. The van der Waals surface area contributed by atoms with Crippen molar-refractivity contribution >= 4 is 11.9 Å². The highest BCUT2D eigenvalue weighted by Gasteiger charge is 2.52. The molecule has 0 heterocycles. The molecule has 0 atom stereocenters. The Morgan fingerprint density at radius 2 is 1.06 bits per heavy atom. The lowest BCUT2D eigenvalue weighted by molar-refractivity contribution is -0.157. The van der Waals surface area contributed by atoms with Gasteiger partial charge >= 0.3 is 11.9 Å². The lowest BCUT2D eigenvalue weighted by atomic mass is 9.69. The van der Waals surface area contributed by atoms with E-state index in [-0.39, 0.29) is 0 Å². The van der Waals surface area contributed by atoms with E-state index in [1.807, 2.05) is 0 Å². The summed E-state index contributed by atoms with van der Waals surface area (Å²) in [5.41, 5.74) is -1.52. The molecular formula is C13H20O4. The molecule has 17 heavy (non-hydrogen) atoms. The Labute approximate surface area is 101 Å². The highest BCUT2D eigenvalue weighted by molar-refractivity contribution is 5.79. The van der Waals surface area contributed by atoms with Crippen molar-refractivity contribution in [3.8, 4) is 0 Å². The third-order valence-electron chi connectivity index (χ3n) is 4.71. The van der Waals surface area contributed by atoms with Crippen LogP contribution in [0.15, 0.2) is 0 Å². The topological polar surface area (TPSA) is 74.6 Å². The van der Waals surface area contributed by atoms with Crippen LogP contribution in [0.2, 0.25) is 0 Å². The molecule has 2 aliphatic rings. The Hall–Kier alpha value is -1.06. The minimum atomic E-state index is -0.789. The van der Waals surface area contributed by atoms with Crippen LogP contribution in [0.4, 0.5) is 0 Å². The summed E-state index contributed by atoms with van der Waals surface area (Å²) in [6.45, 7) is 0. The summed E-state index contributed by atoms with van der Waals surface area (Å²) in [5.74, 6) is -1.58. The predicted octanol–water partition coefficient (Wildman–Crippen LogP) is 2.67. The fraction of sp³-hybridized carbons (Fsp3) is 0.846. The number of carbonyl (C=O) groups is 2. The second-order valence-corrected chi connectivity index (χ2v) is 5.76. The van der Waals surface area contributed by atoms with E-state index >= 15 is 0 Å².